The first-order valence-electron chi connectivity index (χ1n) is 5.79. The van der Waals surface area contributed by atoms with E-state index in [4.69, 9.17) is 0 Å². The normalized spacial score (nSPS) is 17.7. The van der Waals surface area contributed by atoms with Crippen molar-refractivity contribution in [2.75, 3.05) is 31.6 Å². The third-order valence-electron chi connectivity index (χ3n) is 2.87. The quantitative estimate of drug-likeness (QED) is 0.675. The molecule has 3 nitrogen and oxygen atoms in total. The summed E-state index contributed by atoms with van der Waals surface area (Å²) in [6.45, 7) is 3.06. The number of nitrogens with one attached hydrogen (secondary N) is 2. The van der Waals surface area contributed by atoms with Crippen LogP contribution in [-0.2, 0) is 4.79 Å². The zero-order valence-corrected chi connectivity index (χ0v) is 10.4. The van der Waals surface area contributed by atoms with Gasteiger partial charge in [-0.2, -0.15) is 11.8 Å². The predicted octanol–water partition coefficient (Wildman–Crippen LogP) is 1.25. The molecule has 1 aliphatic heterocycles. The van der Waals surface area contributed by atoms with Crippen molar-refractivity contribution in [2.24, 2.45) is 5.92 Å². The highest BCUT2D eigenvalue weighted by atomic mass is 32.2. The van der Waals surface area contributed by atoms with Crippen molar-refractivity contribution >= 4 is 17.7 Å². The number of hydrogen-bond acceptors (Lipinski definition) is 3. The van der Waals surface area contributed by atoms with Gasteiger partial charge in [0.2, 0.25) is 5.91 Å². The molecule has 0 unspecified atom stereocenters. The van der Waals surface area contributed by atoms with Gasteiger partial charge in [0.1, 0.15) is 0 Å². The lowest BCUT2D eigenvalue weighted by molar-refractivity contribution is -0.121. The Bertz CT molecular complexity index is 181. The molecule has 0 aromatic heterocycles. The molecular formula is C11H22N2OS. The lowest BCUT2D eigenvalue weighted by Gasteiger charge is -2.22. The van der Waals surface area contributed by atoms with Gasteiger partial charge >= 0.3 is 0 Å². The molecule has 1 rings (SSSR count). The Balaban J connectivity index is 2.00. The maximum Gasteiger partial charge on any atom is 0.220 e. The lowest BCUT2D eigenvalue weighted by Crippen LogP contribution is -2.30. The molecule has 1 heterocycles. The lowest BCUT2D eigenvalue weighted by atomic mass is 9.93. The van der Waals surface area contributed by atoms with Crippen LogP contribution in [0.1, 0.15) is 25.7 Å². The Kier molecular flexibility index (Phi) is 6.85. The number of thioether (sulfide) groups is 1. The zero-order valence-electron chi connectivity index (χ0n) is 9.55. The van der Waals surface area contributed by atoms with E-state index in [9.17, 15) is 4.79 Å². The second-order valence-electron chi connectivity index (χ2n) is 4.07. The van der Waals surface area contributed by atoms with Gasteiger partial charge in [0.05, 0.1) is 0 Å². The van der Waals surface area contributed by atoms with Crippen LogP contribution in [0.4, 0.5) is 0 Å². The summed E-state index contributed by atoms with van der Waals surface area (Å²) in [5.74, 6) is 2.00. The zero-order chi connectivity index (χ0) is 10.9. The molecule has 1 aliphatic rings. The van der Waals surface area contributed by atoms with E-state index in [1.807, 2.05) is 0 Å². The van der Waals surface area contributed by atoms with Gasteiger partial charge in [-0.1, -0.05) is 0 Å². The number of carbonyl (C=O) groups is 1. The highest BCUT2D eigenvalue weighted by Gasteiger charge is 2.13. The van der Waals surface area contributed by atoms with Crippen LogP contribution in [0.25, 0.3) is 0 Å². The van der Waals surface area contributed by atoms with E-state index in [1.54, 1.807) is 11.8 Å². The van der Waals surface area contributed by atoms with Crippen molar-refractivity contribution in [3.8, 4) is 0 Å². The Morgan fingerprint density at radius 3 is 2.87 bits per heavy atom. The molecule has 0 aromatic rings. The number of hydrogen-bond donors (Lipinski definition) is 2. The van der Waals surface area contributed by atoms with Crippen LogP contribution in [-0.4, -0.2) is 37.6 Å². The first-order valence-corrected chi connectivity index (χ1v) is 7.18. The van der Waals surface area contributed by atoms with Crippen LogP contribution in [0.2, 0.25) is 0 Å². The Morgan fingerprint density at radius 1 is 1.47 bits per heavy atom. The van der Waals surface area contributed by atoms with Gasteiger partial charge in [-0.3, -0.25) is 4.79 Å². The molecule has 0 saturated carbocycles. The molecular weight excluding hydrogens is 208 g/mol. The fraction of sp³-hybridized carbons (Fsp3) is 0.909. The molecule has 1 amide bonds. The molecule has 0 atom stereocenters. The number of amides is 1. The topological polar surface area (TPSA) is 41.1 Å². The van der Waals surface area contributed by atoms with Crippen LogP contribution in [0, 0.1) is 5.92 Å². The van der Waals surface area contributed by atoms with Crippen molar-refractivity contribution in [2.45, 2.75) is 25.7 Å². The van der Waals surface area contributed by atoms with Crippen molar-refractivity contribution < 1.29 is 4.79 Å². The van der Waals surface area contributed by atoms with Gasteiger partial charge in [-0.05, 0) is 44.5 Å². The summed E-state index contributed by atoms with van der Waals surface area (Å²) in [7, 11) is 0. The summed E-state index contributed by atoms with van der Waals surface area (Å²) in [5, 5.41) is 6.29. The minimum atomic E-state index is 0.225. The van der Waals surface area contributed by atoms with E-state index in [-0.39, 0.29) is 5.91 Å². The molecule has 2 N–H and O–H groups in total. The van der Waals surface area contributed by atoms with Crippen molar-refractivity contribution in [3.05, 3.63) is 0 Å². The third kappa shape index (κ3) is 6.05. The summed E-state index contributed by atoms with van der Waals surface area (Å²) in [6, 6.07) is 0. The average Bonchev–Trinajstić information content (AvgIpc) is 2.28. The van der Waals surface area contributed by atoms with Gasteiger partial charge in [-0.15, -0.1) is 0 Å². The molecule has 1 saturated heterocycles. The maximum atomic E-state index is 11.4. The smallest absolute Gasteiger partial charge is 0.220 e. The van der Waals surface area contributed by atoms with E-state index in [0.717, 1.165) is 37.7 Å². The van der Waals surface area contributed by atoms with Crippen molar-refractivity contribution in [1.29, 1.82) is 0 Å². The molecule has 0 spiro atoms. The summed E-state index contributed by atoms with van der Waals surface area (Å²) in [4.78, 5) is 11.4. The number of piperidine rings is 1. The van der Waals surface area contributed by atoms with Gasteiger partial charge in [0.25, 0.3) is 0 Å². The monoisotopic (exact) mass is 230 g/mol. The first-order chi connectivity index (χ1) is 7.33. The molecule has 0 radical (unpaired) electrons. The van der Waals surface area contributed by atoms with Gasteiger partial charge in [0, 0.05) is 18.7 Å². The molecule has 88 valence electrons. The van der Waals surface area contributed by atoms with Crippen LogP contribution in [0.3, 0.4) is 0 Å². The van der Waals surface area contributed by atoms with E-state index >= 15 is 0 Å². The van der Waals surface area contributed by atoms with Crippen LogP contribution in [0.5, 0.6) is 0 Å². The van der Waals surface area contributed by atoms with Crippen LogP contribution >= 0.6 is 11.8 Å². The molecule has 0 aromatic carbocycles. The molecule has 4 heteroatoms. The summed E-state index contributed by atoms with van der Waals surface area (Å²) < 4.78 is 0. The van der Waals surface area contributed by atoms with Crippen molar-refractivity contribution in [3.63, 3.8) is 0 Å². The molecule has 0 aliphatic carbocycles. The SMILES string of the molecule is CSCCNC(=O)CCC1CCNCC1. The third-order valence-corrected chi connectivity index (χ3v) is 3.48. The van der Waals surface area contributed by atoms with Gasteiger partial charge < -0.3 is 10.6 Å². The Labute approximate surface area is 96.8 Å². The average molecular weight is 230 g/mol. The number of rotatable bonds is 6. The van der Waals surface area contributed by atoms with E-state index < -0.39 is 0 Å². The molecule has 15 heavy (non-hydrogen) atoms. The fourth-order valence-electron chi connectivity index (χ4n) is 1.89. The highest BCUT2D eigenvalue weighted by Crippen LogP contribution is 2.17. The Morgan fingerprint density at radius 2 is 2.20 bits per heavy atom. The minimum absolute atomic E-state index is 0.225. The largest absolute Gasteiger partial charge is 0.355 e. The molecule has 1 fully saturated rings. The first kappa shape index (κ1) is 12.8. The highest BCUT2D eigenvalue weighted by molar-refractivity contribution is 7.98. The summed E-state index contributed by atoms with van der Waals surface area (Å²) >= 11 is 1.77. The second-order valence-corrected chi connectivity index (χ2v) is 5.06. The van der Waals surface area contributed by atoms with Crippen LogP contribution < -0.4 is 10.6 Å². The van der Waals surface area contributed by atoms with Crippen LogP contribution in [0.15, 0.2) is 0 Å². The van der Waals surface area contributed by atoms with E-state index in [1.165, 1.54) is 12.8 Å². The summed E-state index contributed by atoms with van der Waals surface area (Å²) in [5.41, 5.74) is 0. The fourth-order valence-corrected chi connectivity index (χ4v) is 2.19. The van der Waals surface area contributed by atoms with Gasteiger partial charge in [0.15, 0.2) is 0 Å². The van der Waals surface area contributed by atoms with Crippen molar-refractivity contribution in [1.82, 2.24) is 10.6 Å². The minimum Gasteiger partial charge on any atom is -0.355 e. The Hall–Kier alpha value is -0.220. The maximum absolute atomic E-state index is 11.4. The van der Waals surface area contributed by atoms with E-state index in [2.05, 4.69) is 16.9 Å². The second kappa shape index (κ2) is 7.99. The number of carbonyl (C=O) groups excluding carboxylic acids is 1. The van der Waals surface area contributed by atoms with Gasteiger partial charge in [-0.25, -0.2) is 0 Å². The molecule has 0 bridgehead atoms. The predicted molar refractivity (Wildman–Crippen MR) is 66.2 cm³/mol. The summed E-state index contributed by atoms with van der Waals surface area (Å²) in [6.07, 6.45) is 6.29. The van der Waals surface area contributed by atoms with E-state index in [0.29, 0.717) is 6.42 Å². The standard InChI is InChI=1S/C11H22N2OS/c1-15-9-8-13-11(14)3-2-10-4-6-12-7-5-10/h10,12H,2-9H2,1H3,(H,13,14).